The molecule has 0 aliphatic carbocycles. The number of methoxy groups -OCH3 is 1. The summed E-state index contributed by atoms with van der Waals surface area (Å²) in [6.45, 7) is 2.64. The van der Waals surface area contributed by atoms with Crippen LogP contribution in [0.5, 0.6) is 5.75 Å². The molecule has 3 nitrogen and oxygen atoms in total. The maximum Gasteiger partial charge on any atom is 0.244 e. The Morgan fingerprint density at radius 3 is 2.95 bits per heavy atom. The summed E-state index contributed by atoms with van der Waals surface area (Å²) in [7, 11) is 1.66. The number of ether oxygens (including phenoxy) is 1. The topological polar surface area (TPSA) is 38.3 Å². The first kappa shape index (κ1) is 15.3. The number of hydrogen-bond acceptors (Lipinski definition) is 3. The lowest BCUT2D eigenvalue weighted by Crippen LogP contribution is -2.23. The van der Waals surface area contributed by atoms with Gasteiger partial charge in [0.15, 0.2) is 0 Å². The van der Waals surface area contributed by atoms with E-state index in [2.05, 4.69) is 11.4 Å². The first-order chi connectivity index (χ1) is 10.2. The van der Waals surface area contributed by atoms with Gasteiger partial charge in [-0.3, -0.25) is 4.79 Å². The van der Waals surface area contributed by atoms with Gasteiger partial charge in [0.25, 0.3) is 0 Å². The van der Waals surface area contributed by atoms with Crippen molar-refractivity contribution in [3.8, 4) is 5.75 Å². The Morgan fingerprint density at radius 2 is 2.24 bits per heavy atom. The summed E-state index contributed by atoms with van der Waals surface area (Å²) in [5.74, 6) is 0.791. The number of benzene rings is 1. The van der Waals surface area contributed by atoms with Crippen LogP contribution in [0.15, 0.2) is 41.8 Å². The molecule has 0 radical (unpaired) electrons. The number of hydrogen-bond donors (Lipinski definition) is 1. The average Bonchev–Trinajstić information content (AvgIpc) is 2.99. The third-order valence-electron chi connectivity index (χ3n) is 3.07. The molecule has 4 heteroatoms. The Morgan fingerprint density at radius 1 is 1.38 bits per heavy atom. The maximum absolute atomic E-state index is 11.7. The molecule has 1 aromatic heterocycles. The lowest BCUT2D eigenvalue weighted by atomic mass is 10.1. The molecule has 0 unspecified atom stereocenters. The van der Waals surface area contributed by atoms with Crippen LogP contribution in [-0.4, -0.2) is 19.6 Å². The lowest BCUT2D eigenvalue weighted by molar-refractivity contribution is -0.116. The number of aryl methyl sites for hydroxylation is 1. The van der Waals surface area contributed by atoms with Crippen molar-refractivity contribution < 1.29 is 9.53 Å². The van der Waals surface area contributed by atoms with Crippen LogP contribution in [0.1, 0.15) is 16.0 Å². The molecule has 0 bridgehead atoms. The highest BCUT2D eigenvalue weighted by atomic mass is 32.1. The predicted octanol–water partition coefficient (Wildman–Crippen LogP) is 3.44. The van der Waals surface area contributed by atoms with Crippen LogP contribution in [0.3, 0.4) is 0 Å². The van der Waals surface area contributed by atoms with Crippen molar-refractivity contribution in [3.05, 3.63) is 57.8 Å². The number of thiophene rings is 1. The van der Waals surface area contributed by atoms with Crippen LogP contribution < -0.4 is 10.1 Å². The standard InChI is InChI=1S/C17H19NO2S/c1-13-5-7-16(20-2)14(12-13)9-10-18-17(19)8-6-15-4-3-11-21-15/h3-8,11-12H,9-10H2,1-2H3,(H,18,19)/b8-6+. The van der Waals surface area contributed by atoms with E-state index in [9.17, 15) is 4.79 Å². The number of carbonyl (C=O) groups is 1. The zero-order valence-electron chi connectivity index (χ0n) is 12.3. The largest absolute Gasteiger partial charge is 0.496 e. The van der Waals surface area contributed by atoms with Crippen LogP contribution in [0.25, 0.3) is 6.08 Å². The van der Waals surface area contributed by atoms with Crippen molar-refractivity contribution in [1.82, 2.24) is 5.32 Å². The molecule has 1 aromatic carbocycles. The van der Waals surface area contributed by atoms with E-state index in [0.29, 0.717) is 6.54 Å². The molecule has 110 valence electrons. The van der Waals surface area contributed by atoms with E-state index in [-0.39, 0.29) is 5.91 Å². The maximum atomic E-state index is 11.7. The molecular weight excluding hydrogens is 282 g/mol. The van der Waals surface area contributed by atoms with Crippen molar-refractivity contribution in [3.63, 3.8) is 0 Å². The van der Waals surface area contributed by atoms with Gasteiger partial charge in [-0.15, -0.1) is 11.3 Å². The lowest BCUT2D eigenvalue weighted by Gasteiger charge is -2.09. The van der Waals surface area contributed by atoms with Crippen molar-refractivity contribution >= 4 is 23.3 Å². The fraction of sp³-hybridized carbons (Fsp3) is 0.235. The molecule has 0 spiro atoms. The van der Waals surface area contributed by atoms with Crippen molar-refractivity contribution in [2.24, 2.45) is 0 Å². The molecule has 1 N–H and O–H groups in total. The van der Waals surface area contributed by atoms with Crippen LogP contribution in [-0.2, 0) is 11.2 Å². The van der Waals surface area contributed by atoms with Crippen LogP contribution in [0.4, 0.5) is 0 Å². The van der Waals surface area contributed by atoms with E-state index in [1.165, 1.54) is 5.56 Å². The summed E-state index contributed by atoms with van der Waals surface area (Å²) in [6, 6.07) is 10.0. The third kappa shape index (κ3) is 4.76. The molecule has 2 rings (SSSR count). The normalized spacial score (nSPS) is 10.8. The summed E-state index contributed by atoms with van der Waals surface area (Å²) < 4.78 is 5.33. The fourth-order valence-corrected chi connectivity index (χ4v) is 2.64. The molecule has 0 aliphatic heterocycles. The van der Waals surface area contributed by atoms with Gasteiger partial charge in [0.2, 0.25) is 5.91 Å². The summed E-state index contributed by atoms with van der Waals surface area (Å²) >= 11 is 1.61. The molecule has 2 aromatic rings. The van der Waals surface area contributed by atoms with Gasteiger partial charge in [0.05, 0.1) is 7.11 Å². The average molecular weight is 301 g/mol. The van der Waals surface area contributed by atoms with Crippen molar-refractivity contribution in [2.45, 2.75) is 13.3 Å². The molecule has 0 saturated heterocycles. The Bertz CT molecular complexity index is 618. The molecule has 1 heterocycles. The molecular formula is C17H19NO2S. The van der Waals surface area contributed by atoms with E-state index in [0.717, 1.165) is 22.6 Å². The highest BCUT2D eigenvalue weighted by Gasteiger charge is 2.03. The van der Waals surface area contributed by atoms with E-state index in [4.69, 9.17) is 4.74 Å². The number of amides is 1. The molecule has 1 amide bonds. The summed E-state index contributed by atoms with van der Waals surface area (Å²) in [5, 5.41) is 4.88. The van der Waals surface area contributed by atoms with Gasteiger partial charge >= 0.3 is 0 Å². The van der Waals surface area contributed by atoms with E-state index in [1.807, 2.05) is 42.6 Å². The van der Waals surface area contributed by atoms with Crippen molar-refractivity contribution in [1.29, 1.82) is 0 Å². The minimum Gasteiger partial charge on any atom is -0.496 e. The van der Waals surface area contributed by atoms with Crippen molar-refractivity contribution in [2.75, 3.05) is 13.7 Å². The van der Waals surface area contributed by atoms with Gasteiger partial charge in [-0.25, -0.2) is 0 Å². The minimum absolute atomic E-state index is 0.0741. The Kier molecular flexibility index (Phi) is 5.58. The predicted molar refractivity (Wildman–Crippen MR) is 87.8 cm³/mol. The summed E-state index contributed by atoms with van der Waals surface area (Å²) in [5.41, 5.74) is 2.30. The van der Waals surface area contributed by atoms with Gasteiger partial charge in [0.1, 0.15) is 5.75 Å². The first-order valence-electron chi connectivity index (χ1n) is 6.82. The van der Waals surface area contributed by atoms with Gasteiger partial charge < -0.3 is 10.1 Å². The smallest absolute Gasteiger partial charge is 0.244 e. The number of carbonyl (C=O) groups excluding carboxylic acids is 1. The Labute approximate surface area is 129 Å². The Balaban J connectivity index is 1.84. The van der Waals surface area contributed by atoms with Gasteiger partial charge in [-0.1, -0.05) is 23.8 Å². The second kappa shape index (κ2) is 7.64. The van der Waals surface area contributed by atoms with Gasteiger partial charge in [-0.05, 0) is 42.5 Å². The monoisotopic (exact) mass is 301 g/mol. The highest BCUT2D eigenvalue weighted by molar-refractivity contribution is 7.10. The van der Waals surface area contributed by atoms with Gasteiger partial charge in [0, 0.05) is 17.5 Å². The molecule has 0 aliphatic rings. The first-order valence-corrected chi connectivity index (χ1v) is 7.70. The van der Waals surface area contributed by atoms with Gasteiger partial charge in [-0.2, -0.15) is 0 Å². The second-order valence-electron chi connectivity index (χ2n) is 4.71. The zero-order valence-corrected chi connectivity index (χ0v) is 13.1. The molecule has 0 fully saturated rings. The quantitative estimate of drug-likeness (QED) is 0.830. The van der Waals surface area contributed by atoms with Crippen LogP contribution in [0, 0.1) is 6.92 Å². The fourth-order valence-electron chi connectivity index (χ4n) is 2.03. The summed E-state index contributed by atoms with van der Waals surface area (Å²) in [4.78, 5) is 12.8. The SMILES string of the molecule is COc1ccc(C)cc1CCNC(=O)/C=C/c1cccs1. The number of nitrogens with one attached hydrogen (secondary N) is 1. The molecule has 0 atom stereocenters. The molecule has 21 heavy (non-hydrogen) atoms. The molecule has 0 saturated carbocycles. The van der Waals surface area contributed by atoms with E-state index in [1.54, 1.807) is 24.5 Å². The Hall–Kier alpha value is -2.07. The van der Waals surface area contributed by atoms with E-state index >= 15 is 0 Å². The zero-order chi connectivity index (χ0) is 15.1. The second-order valence-corrected chi connectivity index (χ2v) is 5.68. The number of rotatable bonds is 6. The van der Waals surface area contributed by atoms with Crippen LogP contribution >= 0.6 is 11.3 Å². The highest BCUT2D eigenvalue weighted by Crippen LogP contribution is 2.19. The van der Waals surface area contributed by atoms with Crippen LogP contribution in [0.2, 0.25) is 0 Å². The minimum atomic E-state index is -0.0741. The van der Waals surface area contributed by atoms with E-state index < -0.39 is 0 Å². The summed E-state index contributed by atoms with van der Waals surface area (Å²) in [6.07, 6.45) is 4.15. The third-order valence-corrected chi connectivity index (χ3v) is 3.91.